The Morgan fingerprint density at radius 3 is 1.32 bits per heavy atom. The van der Waals surface area contributed by atoms with Crippen LogP contribution in [0.1, 0.15) is 166 Å². The first-order valence-electron chi connectivity index (χ1n) is 37.7. The third-order valence-corrected chi connectivity index (χ3v) is 22.5. The number of fused-ring (bicyclic) bond motifs is 5. The van der Waals surface area contributed by atoms with Gasteiger partial charge in [0, 0.05) is 64.5 Å². The topological polar surface area (TPSA) is 0 Å². The summed E-state index contributed by atoms with van der Waals surface area (Å²) in [5, 5.41) is 4.32. The van der Waals surface area contributed by atoms with E-state index >= 15 is 0 Å². The Morgan fingerprint density at radius 1 is 0.423 bits per heavy atom. The second-order valence-electron chi connectivity index (χ2n) is 29.0. The molecule has 0 N–H and O–H groups in total. The largest absolute Gasteiger partial charge is 0.139 e. The Bertz CT molecular complexity index is 6540. The lowest BCUT2D eigenvalue weighted by Gasteiger charge is -2.42. The summed E-state index contributed by atoms with van der Waals surface area (Å²) in [5.74, 6) is 111. The maximum absolute atomic E-state index is 6.90. The summed E-state index contributed by atoms with van der Waals surface area (Å²) in [5.41, 5.74) is 24.9. The van der Waals surface area contributed by atoms with Crippen molar-refractivity contribution >= 4 is 198 Å². The fraction of sp³-hybridized carbons (Fsp3) is 0.174. The van der Waals surface area contributed by atoms with Crippen molar-refractivity contribution < 1.29 is 0 Å². The molecule has 0 spiro atoms. The van der Waals surface area contributed by atoms with Gasteiger partial charge >= 0.3 is 0 Å². The lowest BCUT2D eigenvalue weighted by molar-refractivity contribution is 0.553. The summed E-state index contributed by atoms with van der Waals surface area (Å²) >= 11 is 0. The summed E-state index contributed by atoms with van der Waals surface area (Å²) < 4.78 is 0. The highest BCUT2D eigenvalue weighted by atomic mass is 14.4. The van der Waals surface area contributed by atoms with Crippen molar-refractivity contribution in [2.45, 2.75) is 102 Å². The number of terminal acetylenes is 5. The van der Waals surface area contributed by atoms with E-state index in [2.05, 4.69) is 367 Å². The number of rotatable bonds is 12. The molecule has 1 aliphatic carbocycles. The van der Waals surface area contributed by atoms with E-state index in [-0.39, 0.29) is 37.1 Å². The number of hydrogen-bond acceptors (Lipinski definition) is 0. The summed E-state index contributed by atoms with van der Waals surface area (Å²) in [4.78, 5) is 0. The van der Waals surface area contributed by atoms with Gasteiger partial charge in [0.1, 0.15) is 21.5 Å². The minimum atomic E-state index is -0.210. The van der Waals surface area contributed by atoms with Gasteiger partial charge in [-0.25, -0.2) is 0 Å². The van der Waals surface area contributed by atoms with Crippen LogP contribution in [-0.2, 0) is 0 Å². The molecule has 7 rings (SSSR count). The Balaban J connectivity index is 2.25. The lowest BCUT2D eigenvalue weighted by atomic mass is 8.68. The van der Waals surface area contributed by atoms with E-state index in [0.717, 1.165) is 63.9 Å². The molecule has 0 radical (unpaired) electrons. The molecule has 19 heteroatoms. The molecule has 0 saturated heterocycles. The molecule has 1 aliphatic rings. The van der Waals surface area contributed by atoms with E-state index in [1.54, 1.807) is 20.8 Å². The predicted molar refractivity (Wildman–Crippen MR) is 526 cm³/mol. The summed E-state index contributed by atoms with van der Waals surface area (Å²) in [6, 6.07) is 0. The van der Waals surface area contributed by atoms with Crippen LogP contribution in [0, 0.1) is 299 Å². The molecule has 6 aromatic carbocycles. The van der Waals surface area contributed by atoms with Crippen LogP contribution in [0.5, 0.6) is 0 Å². The van der Waals surface area contributed by atoms with Crippen LogP contribution in [0.3, 0.4) is 0 Å². The molecule has 0 amide bonds. The SMILES string of the molecule is BBB(B)B(B(B)B)C(=C)c1c(B)c(BB)c(B(B)B)c(C2=C(C)C(C)C(C)c3c2c(C)c2c(C)c(C)c(C)c(C)c2c3-c2c(C#CC#CC#CC#CC#C)c3c(C)c(C#C)c(C#CC)c(C#CC#C)c3c3c(C#CC#CC)c(C#CC#CC#C)c(C#CC#CC#CC)c(C#CC#CC#CC#C)c23)c1C(C)B(B)B(B)B. The van der Waals surface area contributed by atoms with Crippen molar-refractivity contribution in [3.8, 4) is 262 Å². The van der Waals surface area contributed by atoms with E-state index in [1.807, 2.05) is 6.92 Å². The van der Waals surface area contributed by atoms with Crippen molar-refractivity contribution in [3.05, 3.63) is 118 Å². The lowest BCUT2D eigenvalue weighted by Crippen LogP contribution is -2.59. The molecule has 111 heavy (non-hydrogen) atoms. The first-order chi connectivity index (χ1) is 53.2. The molecule has 0 aromatic heterocycles. The highest BCUT2D eigenvalue weighted by Crippen LogP contribution is 2.58. The molecule has 0 bridgehead atoms. The fourth-order valence-corrected chi connectivity index (χ4v) is 16.5. The maximum atomic E-state index is 6.90. The summed E-state index contributed by atoms with van der Waals surface area (Å²) in [6.07, 6.45) is 31.2. The van der Waals surface area contributed by atoms with Gasteiger partial charge in [-0.15, -0.1) is 50.1 Å². The second-order valence-corrected chi connectivity index (χ2v) is 29.0. The average Bonchev–Trinajstić information content (AvgIpc) is 0.680. The van der Waals surface area contributed by atoms with Gasteiger partial charge in [0.25, 0.3) is 0 Å². The van der Waals surface area contributed by atoms with E-state index in [4.69, 9.17) is 38.7 Å². The zero-order chi connectivity index (χ0) is 81.8. The molecule has 498 valence electrons. The van der Waals surface area contributed by atoms with E-state index < -0.39 is 0 Å². The minimum absolute atomic E-state index is 0.0572. The zero-order valence-corrected chi connectivity index (χ0v) is 69.2. The molecular weight excluding hydrogens is 1310 g/mol. The van der Waals surface area contributed by atoms with Crippen molar-refractivity contribution in [3.63, 3.8) is 0 Å². The summed E-state index contributed by atoms with van der Waals surface area (Å²) in [7, 11) is 27.9. The quantitative estimate of drug-likeness (QED) is 0.0781. The molecule has 3 unspecified atom stereocenters. The molecule has 6 aromatic rings. The number of benzene rings is 6. The van der Waals surface area contributed by atoms with Gasteiger partial charge in [-0.3, -0.25) is 0 Å². The standard InChI is InChI=1S/C92H73B19/c1-20-28-34-38-40-41-44-49-56-75-77-64(16)68(27-8)69(50-26-7)72(51-33-25-6)84(77)85-73(54-45-32-24-5)70(52-46-37-31-23-4)71(53-47-42-36-30-22-3)74(55-48-43-39-35-29-21-2)86(85)87(75)88-78-61(13)58(10)57(9)60(12)76(78)65(17)81-79(88)62(14)59(11)63(15)80(81)89-82(66(18)107(98)109(99)100)83(67(19)108(110(101)102)111(103)105-95)90(93)91(104-94)92(89)106(96)97/h1-2,4,6,8,59,62,66,104-105H,19,93-103H2,3,5,7,9-18H3. The van der Waals surface area contributed by atoms with E-state index in [9.17, 15) is 0 Å². The minimum Gasteiger partial charge on any atom is -0.115 e. The normalized spacial score (nSPS) is 11.2. The summed E-state index contributed by atoms with van der Waals surface area (Å²) in [6.45, 7) is 34.0. The third kappa shape index (κ3) is 17.1. The van der Waals surface area contributed by atoms with Gasteiger partial charge in [0.05, 0.1) is 124 Å². The first kappa shape index (κ1) is 85.8. The highest BCUT2D eigenvalue weighted by molar-refractivity contribution is 7.88. The van der Waals surface area contributed by atoms with E-state index in [0.29, 0.717) is 96.3 Å². The Morgan fingerprint density at radius 2 is 0.856 bits per heavy atom. The molecular formula is C92H73B19. The highest BCUT2D eigenvalue weighted by Gasteiger charge is 2.43. The van der Waals surface area contributed by atoms with Crippen LogP contribution < -0.4 is 16.4 Å². The van der Waals surface area contributed by atoms with Crippen molar-refractivity contribution in [1.29, 1.82) is 0 Å². The Kier molecular flexibility index (Phi) is 30.2. The zero-order valence-electron chi connectivity index (χ0n) is 69.2. The molecule has 0 fully saturated rings. The molecule has 0 saturated carbocycles. The van der Waals surface area contributed by atoms with Crippen molar-refractivity contribution in [2.24, 2.45) is 5.92 Å². The smallest absolute Gasteiger partial charge is 0.115 e. The third-order valence-electron chi connectivity index (χ3n) is 22.5. The van der Waals surface area contributed by atoms with Crippen LogP contribution in [0.15, 0.2) is 12.2 Å². The van der Waals surface area contributed by atoms with Gasteiger partial charge in [0.2, 0.25) is 0 Å². The average molecular weight is 1380 g/mol. The second kappa shape index (κ2) is 39.1. The van der Waals surface area contributed by atoms with Gasteiger partial charge in [-0.2, -0.15) is 0 Å². The van der Waals surface area contributed by atoms with Gasteiger partial charge in [-0.05, 0) is 318 Å². The first-order valence-corrected chi connectivity index (χ1v) is 37.7. The van der Waals surface area contributed by atoms with E-state index in [1.165, 1.54) is 55.3 Å². The van der Waals surface area contributed by atoms with Crippen LogP contribution in [0.4, 0.5) is 0 Å². The van der Waals surface area contributed by atoms with Gasteiger partial charge in [0.15, 0.2) is 0 Å². The number of hydrogen-bond donors (Lipinski definition) is 0. The molecule has 0 heterocycles. The van der Waals surface area contributed by atoms with Crippen molar-refractivity contribution in [1.82, 2.24) is 0 Å². The Labute approximate surface area is 680 Å². The molecule has 3 atom stereocenters. The monoisotopic (exact) mass is 1390 g/mol. The number of allylic oxidation sites excluding steroid dienone is 1. The van der Waals surface area contributed by atoms with Crippen LogP contribution in [0.2, 0.25) is 0 Å². The molecule has 0 aliphatic heterocycles. The molecule has 0 nitrogen and oxygen atoms in total. The Hall–Kier alpha value is -12.4. The van der Waals surface area contributed by atoms with Gasteiger partial charge < -0.3 is 0 Å². The van der Waals surface area contributed by atoms with Crippen LogP contribution >= 0.6 is 0 Å². The van der Waals surface area contributed by atoms with Gasteiger partial charge in [-0.1, -0.05) is 108 Å². The predicted octanol–water partition coefficient (Wildman–Crippen LogP) is -1.70. The number of aryl methyl sites for hydroxylation is 4. The van der Waals surface area contributed by atoms with Crippen molar-refractivity contribution in [2.75, 3.05) is 0 Å². The maximum Gasteiger partial charge on any atom is 0.139 e. The fourth-order valence-electron chi connectivity index (χ4n) is 16.5. The van der Waals surface area contributed by atoms with Crippen LogP contribution in [0.25, 0.3) is 54.5 Å². The van der Waals surface area contributed by atoms with Crippen LogP contribution in [-0.4, -0.2) is 138 Å².